The molecule has 1 aromatic heterocycles. The number of hydrogen-bond donors (Lipinski definition) is 4. The van der Waals surface area contributed by atoms with Gasteiger partial charge in [-0.15, -0.1) is 0 Å². The normalized spacial score (nSPS) is 12.2. The van der Waals surface area contributed by atoms with Gasteiger partial charge in [0.1, 0.15) is 11.9 Å². The van der Waals surface area contributed by atoms with Crippen LogP contribution in [0.4, 0.5) is 4.39 Å². The molecular formula is C12H13FN4O2S. The lowest BCUT2D eigenvalue weighted by atomic mass is 10.1. The second-order valence-corrected chi connectivity index (χ2v) is 4.67. The lowest BCUT2D eigenvalue weighted by molar-refractivity contribution is -0.122. The van der Waals surface area contributed by atoms with Gasteiger partial charge in [0, 0.05) is 7.05 Å². The predicted molar refractivity (Wildman–Crippen MR) is 74.4 cm³/mol. The maximum Gasteiger partial charge on any atom is 0.254 e. The van der Waals surface area contributed by atoms with Crippen LogP contribution in [-0.4, -0.2) is 34.9 Å². The first-order chi connectivity index (χ1) is 9.42. The van der Waals surface area contributed by atoms with Crippen molar-refractivity contribution in [3.8, 4) is 0 Å². The van der Waals surface area contributed by atoms with E-state index in [9.17, 15) is 14.0 Å². The van der Waals surface area contributed by atoms with E-state index >= 15 is 0 Å². The van der Waals surface area contributed by atoms with Gasteiger partial charge >= 0.3 is 0 Å². The maximum atomic E-state index is 13.5. The Balaban J connectivity index is 2.39. The number of halogens is 1. The van der Waals surface area contributed by atoms with Crippen LogP contribution in [0.5, 0.6) is 0 Å². The van der Waals surface area contributed by atoms with Gasteiger partial charge in [-0.1, -0.05) is 0 Å². The molecule has 2 amide bonds. The summed E-state index contributed by atoms with van der Waals surface area (Å²) in [7, 11) is 1.47. The number of amides is 2. The number of aromatic nitrogens is 2. The van der Waals surface area contributed by atoms with E-state index in [4.69, 9.17) is 12.2 Å². The summed E-state index contributed by atoms with van der Waals surface area (Å²) in [5.41, 5.74) is 0.883. The highest BCUT2D eigenvalue weighted by Gasteiger charge is 2.18. The first kappa shape index (κ1) is 14.2. The van der Waals surface area contributed by atoms with Gasteiger partial charge in [0.2, 0.25) is 5.91 Å². The highest BCUT2D eigenvalue weighted by molar-refractivity contribution is 7.71. The second kappa shape index (κ2) is 5.41. The van der Waals surface area contributed by atoms with Gasteiger partial charge in [-0.05, 0) is 31.3 Å². The van der Waals surface area contributed by atoms with E-state index in [0.717, 1.165) is 6.07 Å². The van der Waals surface area contributed by atoms with E-state index in [0.29, 0.717) is 15.8 Å². The molecule has 0 spiro atoms. The van der Waals surface area contributed by atoms with E-state index in [1.807, 2.05) is 0 Å². The molecule has 0 unspecified atom stereocenters. The third-order valence-corrected chi connectivity index (χ3v) is 3.03. The minimum atomic E-state index is -0.729. The van der Waals surface area contributed by atoms with Crippen LogP contribution in [0, 0.1) is 10.6 Å². The third-order valence-electron chi connectivity index (χ3n) is 2.82. The molecule has 1 atom stereocenters. The zero-order valence-electron chi connectivity index (χ0n) is 10.8. The molecule has 8 heteroatoms. The van der Waals surface area contributed by atoms with Gasteiger partial charge in [0.15, 0.2) is 4.77 Å². The van der Waals surface area contributed by atoms with Crippen LogP contribution >= 0.6 is 12.2 Å². The molecule has 20 heavy (non-hydrogen) atoms. The molecule has 0 radical (unpaired) electrons. The molecular weight excluding hydrogens is 283 g/mol. The number of H-pyrrole nitrogens is 2. The largest absolute Gasteiger partial charge is 0.357 e. The SMILES string of the molecule is CNC(=O)[C@@H](C)NC(=O)c1cc(F)cc2[nH]c(=S)[nH]c12. The molecule has 4 N–H and O–H groups in total. The predicted octanol–water partition coefficient (Wildman–Crippen LogP) is 1.23. The molecule has 0 saturated carbocycles. The van der Waals surface area contributed by atoms with Crippen molar-refractivity contribution in [3.05, 3.63) is 28.3 Å². The van der Waals surface area contributed by atoms with Crippen LogP contribution in [0.1, 0.15) is 17.3 Å². The molecule has 0 aliphatic rings. The number of aromatic amines is 2. The number of carbonyl (C=O) groups is 2. The standard InChI is InChI=1S/C12H13FN4O2S/c1-5(10(18)14-2)15-11(19)7-3-6(13)4-8-9(7)17-12(20)16-8/h3-5H,1-2H3,(H,14,18)(H,15,19)(H2,16,17,20)/t5-/m1/s1. The minimum Gasteiger partial charge on any atom is -0.357 e. The highest BCUT2D eigenvalue weighted by Crippen LogP contribution is 2.18. The topological polar surface area (TPSA) is 89.8 Å². The Morgan fingerprint density at radius 3 is 2.70 bits per heavy atom. The van der Waals surface area contributed by atoms with Crippen molar-refractivity contribution in [1.29, 1.82) is 0 Å². The summed E-state index contributed by atoms with van der Waals surface area (Å²) >= 11 is 4.92. The van der Waals surface area contributed by atoms with Crippen molar-refractivity contribution in [2.45, 2.75) is 13.0 Å². The van der Waals surface area contributed by atoms with Gasteiger partial charge in [-0.2, -0.15) is 0 Å². The number of hydrogen-bond acceptors (Lipinski definition) is 3. The molecule has 2 rings (SSSR count). The van der Waals surface area contributed by atoms with Crippen molar-refractivity contribution in [2.24, 2.45) is 0 Å². The number of imidazole rings is 1. The van der Waals surface area contributed by atoms with Gasteiger partial charge in [0.25, 0.3) is 5.91 Å². The molecule has 0 aliphatic carbocycles. The minimum absolute atomic E-state index is 0.0862. The van der Waals surface area contributed by atoms with E-state index < -0.39 is 17.8 Å². The highest BCUT2D eigenvalue weighted by atomic mass is 32.1. The number of carbonyl (C=O) groups excluding carboxylic acids is 2. The average Bonchev–Trinajstić information content (AvgIpc) is 2.76. The van der Waals surface area contributed by atoms with Crippen LogP contribution in [0.15, 0.2) is 12.1 Å². The summed E-state index contributed by atoms with van der Waals surface area (Å²) in [5, 5.41) is 4.91. The summed E-state index contributed by atoms with van der Waals surface area (Å²) in [4.78, 5) is 29.0. The smallest absolute Gasteiger partial charge is 0.254 e. The Morgan fingerprint density at radius 1 is 1.35 bits per heavy atom. The Kier molecular flexibility index (Phi) is 3.84. The zero-order chi connectivity index (χ0) is 14.9. The summed E-state index contributed by atoms with van der Waals surface area (Å²) in [6.07, 6.45) is 0. The van der Waals surface area contributed by atoms with Crippen molar-refractivity contribution >= 4 is 35.1 Å². The van der Waals surface area contributed by atoms with Crippen molar-refractivity contribution in [3.63, 3.8) is 0 Å². The second-order valence-electron chi connectivity index (χ2n) is 4.26. The number of rotatable bonds is 3. The summed E-state index contributed by atoms with van der Waals surface area (Å²) in [5.74, 6) is -1.47. The first-order valence-electron chi connectivity index (χ1n) is 5.86. The van der Waals surface area contributed by atoms with E-state index in [2.05, 4.69) is 20.6 Å². The number of likely N-dealkylation sites (N-methyl/N-ethyl adjacent to an activating group) is 1. The lowest BCUT2D eigenvalue weighted by Crippen LogP contribution is -2.43. The Morgan fingerprint density at radius 2 is 2.05 bits per heavy atom. The Bertz CT molecular complexity index is 737. The molecule has 1 aromatic carbocycles. The molecule has 1 heterocycles. The van der Waals surface area contributed by atoms with Crippen LogP contribution in [0.25, 0.3) is 11.0 Å². The molecule has 0 aliphatic heterocycles. The van der Waals surface area contributed by atoms with Crippen molar-refractivity contribution in [1.82, 2.24) is 20.6 Å². The summed E-state index contributed by atoms with van der Waals surface area (Å²) in [6, 6.07) is 1.60. The lowest BCUT2D eigenvalue weighted by Gasteiger charge is -2.12. The van der Waals surface area contributed by atoms with Crippen LogP contribution in [0.3, 0.4) is 0 Å². The molecule has 0 saturated heterocycles. The zero-order valence-corrected chi connectivity index (χ0v) is 11.7. The van der Waals surface area contributed by atoms with Crippen LogP contribution < -0.4 is 10.6 Å². The van der Waals surface area contributed by atoms with Gasteiger partial charge in [0.05, 0.1) is 16.6 Å². The van der Waals surface area contributed by atoms with Crippen LogP contribution in [0.2, 0.25) is 0 Å². The Hall–Kier alpha value is -2.22. The molecule has 2 aromatic rings. The van der Waals surface area contributed by atoms with E-state index in [-0.39, 0.29) is 11.5 Å². The van der Waals surface area contributed by atoms with E-state index in [1.54, 1.807) is 0 Å². The number of nitrogens with one attached hydrogen (secondary N) is 4. The first-order valence-corrected chi connectivity index (χ1v) is 6.27. The number of benzene rings is 1. The molecule has 0 bridgehead atoms. The van der Waals surface area contributed by atoms with Crippen molar-refractivity contribution < 1.29 is 14.0 Å². The molecule has 6 nitrogen and oxygen atoms in total. The summed E-state index contributed by atoms with van der Waals surface area (Å²) < 4.78 is 13.8. The average molecular weight is 296 g/mol. The molecule has 106 valence electrons. The quantitative estimate of drug-likeness (QED) is 0.642. The van der Waals surface area contributed by atoms with E-state index in [1.165, 1.54) is 20.0 Å². The Labute approximate surface area is 118 Å². The van der Waals surface area contributed by atoms with Gasteiger partial charge in [-0.3, -0.25) is 9.59 Å². The van der Waals surface area contributed by atoms with Gasteiger partial charge in [-0.25, -0.2) is 4.39 Å². The molecule has 0 fully saturated rings. The fraction of sp³-hybridized carbons (Fsp3) is 0.250. The third kappa shape index (κ3) is 2.69. The van der Waals surface area contributed by atoms with Gasteiger partial charge < -0.3 is 20.6 Å². The fourth-order valence-corrected chi connectivity index (χ4v) is 2.05. The fourth-order valence-electron chi connectivity index (χ4n) is 1.84. The number of fused-ring (bicyclic) bond motifs is 1. The van der Waals surface area contributed by atoms with Crippen LogP contribution in [-0.2, 0) is 4.79 Å². The monoisotopic (exact) mass is 296 g/mol. The maximum absolute atomic E-state index is 13.5. The summed E-state index contributed by atoms with van der Waals surface area (Å²) in [6.45, 7) is 1.53. The van der Waals surface area contributed by atoms with Crippen molar-refractivity contribution in [2.75, 3.05) is 7.05 Å².